The molecule has 0 unspecified atom stereocenters. The zero-order valence-corrected chi connectivity index (χ0v) is 9.23. The van der Waals surface area contributed by atoms with Gasteiger partial charge in [0, 0.05) is 0 Å². The zero-order valence-electron chi connectivity index (χ0n) is 9.23. The third kappa shape index (κ3) is 2.98. The van der Waals surface area contributed by atoms with Gasteiger partial charge >= 0.3 is 5.69 Å². The van der Waals surface area contributed by atoms with E-state index in [2.05, 4.69) is 6.58 Å². The predicted octanol–water partition coefficient (Wildman–Crippen LogP) is 2.56. The SMILES string of the molecule is C=C(C)COc1ccc(OC)cc1[N+](=O)[O-]. The fraction of sp³-hybridized carbons (Fsp3) is 0.273. The third-order valence-corrected chi connectivity index (χ3v) is 1.84. The summed E-state index contributed by atoms with van der Waals surface area (Å²) in [4.78, 5) is 10.3. The number of hydrogen-bond donors (Lipinski definition) is 0. The van der Waals surface area contributed by atoms with E-state index in [1.54, 1.807) is 13.0 Å². The highest BCUT2D eigenvalue weighted by molar-refractivity contribution is 5.51. The van der Waals surface area contributed by atoms with Crippen molar-refractivity contribution in [2.75, 3.05) is 13.7 Å². The van der Waals surface area contributed by atoms with Crippen LogP contribution in [0.5, 0.6) is 11.5 Å². The molecule has 1 aromatic carbocycles. The van der Waals surface area contributed by atoms with Crippen LogP contribution in [0.1, 0.15) is 6.92 Å². The molecule has 0 amide bonds. The molecule has 0 aromatic heterocycles. The van der Waals surface area contributed by atoms with Crippen LogP contribution in [0.25, 0.3) is 0 Å². The molecule has 5 nitrogen and oxygen atoms in total. The molecular formula is C11H13NO4. The number of ether oxygens (including phenoxy) is 2. The highest BCUT2D eigenvalue weighted by Crippen LogP contribution is 2.31. The second-order valence-corrected chi connectivity index (χ2v) is 3.34. The first-order valence-corrected chi connectivity index (χ1v) is 4.64. The average Bonchev–Trinajstić information content (AvgIpc) is 2.25. The summed E-state index contributed by atoms with van der Waals surface area (Å²) in [5.41, 5.74) is 0.686. The maximum absolute atomic E-state index is 10.8. The minimum atomic E-state index is -0.504. The van der Waals surface area contributed by atoms with Gasteiger partial charge in [0.1, 0.15) is 12.4 Å². The molecule has 0 fully saturated rings. The van der Waals surface area contributed by atoms with Gasteiger partial charge in [-0.25, -0.2) is 0 Å². The van der Waals surface area contributed by atoms with Crippen molar-refractivity contribution in [1.29, 1.82) is 0 Å². The van der Waals surface area contributed by atoms with Gasteiger partial charge < -0.3 is 9.47 Å². The molecule has 0 N–H and O–H groups in total. The smallest absolute Gasteiger partial charge is 0.314 e. The molecule has 1 rings (SSSR count). The summed E-state index contributed by atoms with van der Waals surface area (Å²) < 4.78 is 10.2. The number of nitro benzene ring substituents is 1. The minimum absolute atomic E-state index is 0.111. The molecule has 0 aliphatic rings. The lowest BCUT2D eigenvalue weighted by atomic mass is 10.2. The van der Waals surface area contributed by atoms with Crippen molar-refractivity contribution in [3.05, 3.63) is 40.5 Å². The molecule has 1 aromatic rings. The van der Waals surface area contributed by atoms with Gasteiger partial charge in [-0.15, -0.1) is 0 Å². The van der Waals surface area contributed by atoms with Crippen LogP contribution in [0.15, 0.2) is 30.4 Å². The van der Waals surface area contributed by atoms with Crippen molar-refractivity contribution in [1.82, 2.24) is 0 Å². The number of benzene rings is 1. The van der Waals surface area contributed by atoms with Gasteiger partial charge in [0.2, 0.25) is 0 Å². The Bertz CT molecular complexity index is 414. The van der Waals surface area contributed by atoms with Crippen LogP contribution >= 0.6 is 0 Å². The van der Waals surface area contributed by atoms with E-state index in [0.717, 1.165) is 5.57 Å². The molecule has 0 atom stereocenters. The van der Waals surface area contributed by atoms with Crippen molar-refractivity contribution in [3.8, 4) is 11.5 Å². The highest BCUT2D eigenvalue weighted by atomic mass is 16.6. The van der Waals surface area contributed by atoms with Crippen LogP contribution in [0.4, 0.5) is 5.69 Å². The van der Waals surface area contributed by atoms with Crippen LogP contribution in [0.3, 0.4) is 0 Å². The van der Waals surface area contributed by atoms with Crippen molar-refractivity contribution in [2.24, 2.45) is 0 Å². The van der Waals surface area contributed by atoms with E-state index < -0.39 is 4.92 Å². The standard InChI is InChI=1S/C11H13NO4/c1-8(2)7-16-11-5-4-9(15-3)6-10(11)12(13)14/h4-6H,1,7H2,2-3H3. The Morgan fingerprint density at radius 3 is 2.75 bits per heavy atom. The number of nitrogens with zero attached hydrogens (tertiary/aromatic N) is 1. The molecule has 86 valence electrons. The van der Waals surface area contributed by atoms with Gasteiger partial charge in [-0.3, -0.25) is 10.1 Å². The van der Waals surface area contributed by atoms with E-state index in [-0.39, 0.29) is 18.0 Å². The molecule has 0 spiro atoms. The van der Waals surface area contributed by atoms with Crippen LogP contribution in [-0.4, -0.2) is 18.6 Å². The summed E-state index contributed by atoms with van der Waals surface area (Å²) in [6.07, 6.45) is 0. The third-order valence-electron chi connectivity index (χ3n) is 1.84. The maximum Gasteiger partial charge on any atom is 0.314 e. The molecule has 0 saturated carbocycles. The number of methoxy groups -OCH3 is 1. The minimum Gasteiger partial charge on any atom is -0.496 e. The fourth-order valence-electron chi connectivity index (χ4n) is 1.09. The van der Waals surface area contributed by atoms with Crippen molar-refractivity contribution >= 4 is 5.69 Å². The lowest BCUT2D eigenvalue weighted by molar-refractivity contribution is -0.385. The van der Waals surface area contributed by atoms with E-state index in [1.165, 1.54) is 19.2 Å². The first-order chi connectivity index (χ1) is 7.54. The Morgan fingerprint density at radius 2 is 2.25 bits per heavy atom. The summed E-state index contributed by atoms with van der Waals surface area (Å²) >= 11 is 0. The number of rotatable bonds is 5. The Hall–Kier alpha value is -2.04. The Kier molecular flexibility index (Phi) is 3.88. The normalized spacial score (nSPS) is 9.62. The topological polar surface area (TPSA) is 61.6 Å². The van der Waals surface area contributed by atoms with E-state index in [1.807, 2.05) is 0 Å². The molecule has 0 aliphatic carbocycles. The molecule has 0 saturated heterocycles. The molecule has 0 radical (unpaired) electrons. The first kappa shape index (κ1) is 12.0. The first-order valence-electron chi connectivity index (χ1n) is 4.64. The molecule has 0 bridgehead atoms. The molecule has 0 heterocycles. The van der Waals surface area contributed by atoms with Gasteiger partial charge in [-0.05, 0) is 24.6 Å². The maximum atomic E-state index is 10.8. The largest absolute Gasteiger partial charge is 0.496 e. The number of hydrogen-bond acceptors (Lipinski definition) is 4. The lowest BCUT2D eigenvalue weighted by Gasteiger charge is -2.07. The average molecular weight is 223 g/mol. The number of nitro groups is 1. The van der Waals surface area contributed by atoms with Gasteiger partial charge in [0.05, 0.1) is 18.1 Å². The van der Waals surface area contributed by atoms with E-state index in [9.17, 15) is 10.1 Å². The summed E-state index contributed by atoms with van der Waals surface area (Å²) in [7, 11) is 1.45. The van der Waals surface area contributed by atoms with Crippen LogP contribution in [0, 0.1) is 10.1 Å². The van der Waals surface area contributed by atoms with Crippen LogP contribution in [0.2, 0.25) is 0 Å². The second kappa shape index (κ2) is 5.16. The van der Waals surface area contributed by atoms with E-state index in [4.69, 9.17) is 9.47 Å². The Labute approximate surface area is 93.4 Å². The van der Waals surface area contributed by atoms with Gasteiger partial charge in [0.15, 0.2) is 5.75 Å². The summed E-state index contributed by atoms with van der Waals surface area (Å²) in [6, 6.07) is 4.45. The zero-order chi connectivity index (χ0) is 12.1. The van der Waals surface area contributed by atoms with Gasteiger partial charge in [-0.1, -0.05) is 6.58 Å². The van der Waals surface area contributed by atoms with Crippen LogP contribution in [-0.2, 0) is 0 Å². The fourth-order valence-corrected chi connectivity index (χ4v) is 1.09. The highest BCUT2D eigenvalue weighted by Gasteiger charge is 2.16. The van der Waals surface area contributed by atoms with Crippen molar-refractivity contribution < 1.29 is 14.4 Å². The molecular weight excluding hydrogens is 210 g/mol. The van der Waals surface area contributed by atoms with Crippen molar-refractivity contribution in [2.45, 2.75) is 6.92 Å². The van der Waals surface area contributed by atoms with E-state index >= 15 is 0 Å². The quantitative estimate of drug-likeness (QED) is 0.437. The second-order valence-electron chi connectivity index (χ2n) is 3.34. The molecule has 5 heteroatoms. The molecule has 0 aliphatic heterocycles. The Balaban J connectivity index is 2.98. The summed E-state index contributed by atoms with van der Waals surface area (Å²) in [5, 5.41) is 10.8. The van der Waals surface area contributed by atoms with Crippen LogP contribution < -0.4 is 9.47 Å². The Morgan fingerprint density at radius 1 is 1.56 bits per heavy atom. The predicted molar refractivity (Wildman–Crippen MR) is 60.0 cm³/mol. The summed E-state index contributed by atoms with van der Waals surface area (Å²) in [5.74, 6) is 0.642. The monoisotopic (exact) mass is 223 g/mol. The van der Waals surface area contributed by atoms with Gasteiger partial charge in [0.25, 0.3) is 0 Å². The lowest BCUT2D eigenvalue weighted by Crippen LogP contribution is -2.01. The van der Waals surface area contributed by atoms with E-state index in [0.29, 0.717) is 5.75 Å². The molecule has 16 heavy (non-hydrogen) atoms. The summed E-state index contributed by atoms with van der Waals surface area (Å²) in [6.45, 7) is 5.70. The van der Waals surface area contributed by atoms with Gasteiger partial charge in [-0.2, -0.15) is 0 Å². The van der Waals surface area contributed by atoms with Crippen molar-refractivity contribution in [3.63, 3.8) is 0 Å².